The van der Waals surface area contributed by atoms with Gasteiger partial charge in [0.2, 0.25) is 0 Å². The number of nitrogen functional groups attached to an aromatic ring is 1. The monoisotopic (exact) mass is 292 g/mol. The number of nitrogens with zero attached hydrogens (tertiary/aromatic N) is 2. The largest absolute Gasteiger partial charge is 0.383 e. The molecule has 0 atom stereocenters. The van der Waals surface area contributed by atoms with Crippen LogP contribution in [0.2, 0.25) is 0 Å². The summed E-state index contributed by atoms with van der Waals surface area (Å²) >= 11 is 1.35. The van der Waals surface area contributed by atoms with Crippen molar-refractivity contribution in [3.8, 4) is 10.4 Å². The van der Waals surface area contributed by atoms with E-state index in [1.807, 2.05) is 6.92 Å². The molecule has 0 spiro atoms. The molecule has 0 aliphatic carbocycles. The molecule has 2 aromatic heterocycles. The van der Waals surface area contributed by atoms with Crippen LogP contribution in [0.15, 0.2) is 12.3 Å². The molecule has 0 aliphatic heterocycles. The summed E-state index contributed by atoms with van der Waals surface area (Å²) in [6.45, 7) is 5.18. The summed E-state index contributed by atoms with van der Waals surface area (Å²) in [4.78, 5) is 20.5. The standard InChI is InChI=1S/C13H16N4O2S/c1-6-9(20-12(17-6)13(2,3)19)7-4-8(11(15)18)10(14)16-5-7/h4-5,19H,1-3H3,(H2,14,16)(H2,15,18). The predicted molar refractivity (Wildman–Crippen MR) is 78.3 cm³/mol. The Hall–Kier alpha value is -1.99. The summed E-state index contributed by atoms with van der Waals surface area (Å²) in [7, 11) is 0. The van der Waals surface area contributed by atoms with Crippen molar-refractivity contribution in [1.82, 2.24) is 9.97 Å². The Labute approximate surface area is 120 Å². The van der Waals surface area contributed by atoms with Gasteiger partial charge in [-0.2, -0.15) is 0 Å². The van der Waals surface area contributed by atoms with Crippen molar-refractivity contribution < 1.29 is 9.90 Å². The molecule has 7 heteroatoms. The van der Waals surface area contributed by atoms with Crippen LogP contribution in [-0.4, -0.2) is 21.0 Å². The van der Waals surface area contributed by atoms with Crippen molar-refractivity contribution in [2.75, 3.05) is 5.73 Å². The second kappa shape index (κ2) is 4.84. The Morgan fingerprint density at radius 3 is 2.60 bits per heavy atom. The fourth-order valence-corrected chi connectivity index (χ4v) is 2.77. The number of primary amides is 1. The number of amides is 1. The molecular formula is C13H16N4O2S. The number of hydrogen-bond donors (Lipinski definition) is 3. The maximum Gasteiger partial charge on any atom is 0.252 e. The van der Waals surface area contributed by atoms with Crippen molar-refractivity contribution in [2.24, 2.45) is 5.73 Å². The first-order valence-electron chi connectivity index (χ1n) is 5.96. The average Bonchev–Trinajstić information content (AvgIpc) is 2.71. The van der Waals surface area contributed by atoms with Crippen molar-refractivity contribution in [3.05, 3.63) is 28.5 Å². The summed E-state index contributed by atoms with van der Waals surface area (Å²) < 4.78 is 0. The zero-order valence-electron chi connectivity index (χ0n) is 11.5. The number of carbonyl (C=O) groups excluding carboxylic acids is 1. The molecule has 0 saturated heterocycles. The quantitative estimate of drug-likeness (QED) is 0.791. The van der Waals surface area contributed by atoms with E-state index in [1.54, 1.807) is 26.1 Å². The van der Waals surface area contributed by atoms with Gasteiger partial charge >= 0.3 is 0 Å². The van der Waals surface area contributed by atoms with E-state index >= 15 is 0 Å². The van der Waals surface area contributed by atoms with Crippen molar-refractivity contribution >= 4 is 23.1 Å². The number of carbonyl (C=O) groups is 1. The summed E-state index contributed by atoms with van der Waals surface area (Å²) in [6.07, 6.45) is 1.57. The van der Waals surface area contributed by atoms with E-state index in [-0.39, 0.29) is 11.4 Å². The topological polar surface area (TPSA) is 115 Å². The minimum Gasteiger partial charge on any atom is -0.383 e. The van der Waals surface area contributed by atoms with E-state index in [0.717, 1.165) is 10.6 Å². The molecule has 0 radical (unpaired) electrons. The molecule has 0 saturated carbocycles. The molecule has 2 rings (SSSR count). The molecule has 0 fully saturated rings. The predicted octanol–water partition coefficient (Wildman–Crippen LogP) is 1.42. The number of aryl methyl sites for hydroxylation is 1. The second-order valence-electron chi connectivity index (χ2n) is 5.01. The van der Waals surface area contributed by atoms with Crippen LogP contribution in [0, 0.1) is 6.92 Å². The Morgan fingerprint density at radius 2 is 2.10 bits per heavy atom. The lowest BCUT2D eigenvalue weighted by atomic mass is 10.1. The minimum absolute atomic E-state index is 0.103. The second-order valence-corrected chi connectivity index (χ2v) is 6.01. The van der Waals surface area contributed by atoms with Crippen LogP contribution in [-0.2, 0) is 5.60 Å². The molecule has 0 unspecified atom stereocenters. The van der Waals surface area contributed by atoms with E-state index in [4.69, 9.17) is 11.5 Å². The highest BCUT2D eigenvalue weighted by Crippen LogP contribution is 2.35. The Bertz CT molecular complexity index is 673. The summed E-state index contributed by atoms with van der Waals surface area (Å²) in [5.74, 6) is -0.521. The van der Waals surface area contributed by atoms with Crippen molar-refractivity contribution in [1.29, 1.82) is 0 Å². The molecular weight excluding hydrogens is 276 g/mol. The van der Waals surface area contributed by atoms with Crippen LogP contribution in [0.1, 0.15) is 34.9 Å². The zero-order valence-corrected chi connectivity index (χ0v) is 12.3. The minimum atomic E-state index is -1.01. The fourth-order valence-electron chi connectivity index (χ4n) is 1.72. The van der Waals surface area contributed by atoms with E-state index in [2.05, 4.69) is 9.97 Å². The van der Waals surface area contributed by atoms with Crippen LogP contribution < -0.4 is 11.5 Å². The summed E-state index contributed by atoms with van der Waals surface area (Å²) in [6, 6.07) is 1.60. The first-order chi connectivity index (χ1) is 9.20. The molecule has 2 heterocycles. The maximum absolute atomic E-state index is 11.3. The molecule has 0 bridgehead atoms. The number of nitrogens with two attached hydrogens (primary N) is 2. The number of hydrogen-bond acceptors (Lipinski definition) is 6. The van der Waals surface area contributed by atoms with E-state index in [1.165, 1.54) is 11.3 Å². The molecule has 5 N–H and O–H groups in total. The van der Waals surface area contributed by atoms with Crippen LogP contribution in [0.5, 0.6) is 0 Å². The Kier molecular flexibility index (Phi) is 3.49. The van der Waals surface area contributed by atoms with E-state index < -0.39 is 11.5 Å². The number of aromatic nitrogens is 2. The average molecular weight is 292 g/mol. The fraction of sp³-hybridized carbons (Fsp3) is 0.308. The molecule has 6 nitrogen and oxygen atoms in total. The van der Waals surface area contributed by atoms with Gasteiger partial charge in [0.05, 0.1) is 16.1 Å². The van der Waals surface area contributed by atoms with Gasteiger partial charge in [-0.15, -0.1) is 11.3 Å². The molecule has 20 heavy (non-hydrogen) atoms. The van der Waals surface area contributed by atoms with Gasteiger partial charge in [-0.3, -0.25) is 4.79 Å². The number of pyridine rings is 1. The molecule has 1 amide bonds. The van der Waals surface area contributed by atoms with Crippen LogP contribution >= 0.6 is 11.3 Å². The van der Waals surface area contributed by atoms with Crippen molar-refractivity contribution in [2.45, 2.75) is 26.4 Å². The van der Waals surface area contributed by atoms with Gasteiger partial charge in [0.1, 0.15) is 16.4 Å². The zero-order chi connectivity index (χ0) is 15.1. The first kappa shape index (κ1) is 14.4. The highest BCUT2D eigenvalue weighted by molar-refractivity contribution is 7.15. The third-order valence-electron chi connectivity index (χ3n) is 2.77. The van der Waals surface area contributed by atoms with Gasteiger partial charge in [0.15, 0.2) is 0 Å². The van der Waals surface area contributed by atoms with Crippen LogP contribution in [0.3, 0.4) is 0 Å². The lowest BCUT2D eigenvalue weighted by Crippen LogP contribution is -2.14. The van der Waals surface area contributed by atoms with E-state index in [0.29, 0.717) is 10.6 Å². The highest BCUT2D eigenvalue weighted by atomic mass is 32.1. The number of aliphatic hydroxyl groups is 1. The summed E-state index contributed by atoms with van der Waals surface area (Å²) in [5.41, 5.74) is 11.5. The third kappa shape index (κ3) is 2.63. The van der Waals surface area contributed by atoms with Gasteiger partial charge in [-0.05, 0) is 26.8 Å². The SMILES string of the molecule is Cc1nc(C(C)(C)O)sc1-c1cnc(N)c(C(N)=O)c1. The van der Waals surface area contributed by atoms with Crippen molar-refractivity contribution in [3.63, 3.8) is 0 Å². The highest BCUT2D eigenvalue weighted by Gasteiger charge is 2.23. The third-order valence-corrected chi connectivity index (χ3v) is 4.29. The lowest BCUT2D eigenvalue weighted by Gasteiger charge is -2.12. The van der Waals surface area contributed by atoms with E-state index in [9.17, 15) is 9.90 Å². The van der Waals surface area contributed by atoms with Crippen LogP contribution in [0.4, 0.5) is 5.82 Å². The smallest absolute Gasteiger partial charge is 0.252 e. The van der Waals surface area contributed by atoms with Gasteiger partial charge in [0.25, 0.3) is 5.91 Å². The molecule has 2 aromatic rings. The molecule has 0 aromatic carbocycles. The number of anilines is 1. The molecule has 0 aliphatic rings. The number of rotatable bonds is 3. The first-order valence-corrected chi connectivity index (χ1v) is 6.77. The lowest BCUT2D eigenvalue weighted by molar-refractivity contribution is 0.0781. The van der Waals surface area contributed by atoms with Crippen LogP contribution in [0.25, 0.3) is 10.4 Å². The van der Waals surface area contributed by atoms with Gasteiger partial charge in [0, 0.05) is 11.8 Å². The number of thiazole rings is 1. The summed E-state index contributed by atoms with van der Waals surface area (Å²) in [5, 5.41) is 10.6. The van der Waals surface area contributed by atoms with Gasteiger partial charge in [-0.25, -0.2) is 9.97 Å². The van der Waals surface area contributed by atoms with Gasteiger partial charge in [-0.1, -0.05) is 0 Å². The maximum atomic E-state index is 11.3. The molecule has 106 valence electrons. The normalized spacial score (nSPS) is 11.6. The van der Waals surface area contributed by atoms with Gasteiger partial charge < -0.3 is 16.6 Å². The Morgan fingerprint density at radius 1 is 1.45 bits per heavy atom. The Balaban J connectivity index is 2.55.